The van der Waals surface area contributed by atoms with Gasteiger partial charge in [0.05, 0.1) is 0 Å². The van der Waals surface area contributed by atoms with Crippen LogP contribution in [-0.2, 0) is 0 Å². The maximum Gasteiger partial charge on any atom is 0.130 e. The minimum Gasteiger partial charge on any atom is -0.206 e. The van der Waals surface area contributed by atoms with Gasteiger partial charge in [-0.2, -0.15) is 0 Å². The fraction of sp³-hybridized carbons (Fsp3) is 0.529. The molecule has 0 bridgehead atoms. The van der Waals surface area contributed by atoms with Gasteiger partial charge in [-0.1, -0.05) is 73.3 Å². The van der Waals surface area contributed by atoms with E-state index >= 15 is 0 Å². The van der Waals surface area contributed by atoms with Crippen LogP contribution in [0.4, 0.5) is 4.39 Å². The molecule has 0 aromatic rings. The predicted molar refractivity (Wildman–Crippen MR) is 86.6 cm³/mol. The molecule has 0 aliphatic carbocycles. The largest absolute Gasteiger partial charge is 0.206 e. The highest BCUT2D eigenvalue weighted by molar-refractivity contribution is 5.39. The topological polar surface area (TPSA) is 0 Å². The highest BCUT2D eigenvalue weighted by Crippen LogP contribution is 2.16. The second-order valence-corrected chi connectivity index (χ2v) is 3.01. The molecule has 0 aliphatic heterocycles. The Kier molecular flexibility index (Phi) is 35.5. The fourth-order valence-corrected chi connectivity index (χ4v) is 0.485. The molecule has 0 amide bonds. The van der Waals surface area contributed by atoms with E-state index in [0.29, 0.717) is 11.1 Å². The number of hydrogen-bond donors (Lipinski definition) is 0. The Morgan fingerprint density at radius 3 is 1.61 bits per heavy atom. The van der Waals surface area contributed by atoms with Crippen LogP contribution in [0.15, 0.2) is 48.4 Å². The molecule has 0 aliphatic rings. The molecule has 0 saturated heterocycles. The Hall–Kier alpha value is -1.11. The van der Waals surface area contributed by atoms with Crippen LogP contribution in [0.25, 0.3) is 0 Å². The van der Waals surface area contributed by atoms with Gasteiger partial charge in [-0.15, -0.1) is 0 Å². The van der Waals surface area contributed by atoms with E-state index in [-0.39, 0.29) is 5.83 Å². The fourth-order valence-electron chi connectivity index (χ4n) is 0.485. The molecule has 0 spiro atoms. The van der Waals surface area contributed by atoms with Gasteiger partial charge in [0.2, 0.25) is 0 Å². The van der Waals surface area contributed by atoms with E-state index in [4.69, 9.17) is 0 Å². The lowest BCUT2D eigenvalue weighted by Gasteiger charge is -1.98. The second-order valence-electron chi connectivity index (χ2n) is 3.01. The molecule has 0 saturated carbocycles. The SMILES string of the molecule is C=C(C)C(=C)/C(F)=C\C=C/C.CC.CC.CCC. The summed E-state index contributed by atoms with van der Waals surface area (Å²) in [6.45, 7) is 22.9. The first kappa shape index (κ1) is 25.7. The molecule has 0 aromatic heterocycles. The van der Waals surface area contributed by atoms with Crippen LogP contribution in [-0.4, -0.2) is 0 Å². The molecule has 0 heterocycles. The lowest BCUT2D eigenvalue weighted by Crippen LogP contribution is -1.81. The third-order valence-electron chi connectivity index (χ3n) is 1.24. The van der Waals surface area contributed by atoms with Crippen molar-refractivity contribution in [1.82, 2.24) is 0 Å². The van der Waals surface area contributed by atoms with Crippen LogP contribution in [0.5, 0.6) is 0 Å². The summed E-state index contributed by atoms with van der Waals surface area (Å²) in [4.78, 5) is 0. The van der Waals surface area contributed by atoms with Gasteiger partial charge in [0.1, 0.15) is 5.83 Å². The zero-order chi connectivity index (χ0) is 15.6. The molecular formula is C17H33F. The molecule has 1 heteroatoms. The Morgan fingerprint density at radius 2 is 1.39 bits per heavy atom. The number of allylic oxidation sites excluding steroid dienone is 6. The van der Waals surface area contributed by atoms with E-state index in [2.05, 4.69) is 27.0 Å². The third-order valence-corrected chi connectivity index (χ3v) is 1.24. The van der Waals surface area contributed by atoms with E-state index in [9.17, 15) is 4.39 Å². The number of rotatable bonds is 3. The van der Waals surface area contributed by atoms with Crippen molar-refractivity contribution in [2.75, 3.05) is 0 Å². The third kappa shape index (κ3) is 24.2. The average Bonchev–Trinajstić information content (AvgIpc) is 2.40. The molecule has 0 nitrogen and oxygen atoms in total. The summed E-state index contributed by atoms with van der Waals surface area (Å²) in [6.07, 6.45) is 6.01. The first-order chi connectivity index (χ1) is 8.51. The Morgan fingerprint density at radius 1 is 1.06 bits per heavy atom. The van der Waals surface area contributed by atoms with Gasteiger partial charge >= 0.3 is 0 Å². The highest BCUT2D eigenvalue weighted by Gasteiger charge is 1.98. The molecule has 108 valence electrons. The first-order valence-corrected chi connectivity index (χ1v) is 6.84. The van der Waals surface area contributed by atoms with E-state index in [1.807, 2.05) is 34.6 Å². The molecule has 0 rings (SSSR count). The van der Waals surface area contributed by atoms with E-state index in [0.717, 1.165) is 0 Å². The molecule has 0 fully saturated rings. The van der Waals surface area contributed by atoms with Crippen molar-refractivity contribution in [3.63, 3.8) is 0 Å². The normalized spacial score (nSPS) is 9.06. The van der Waals surface area contributed by atoms with Gasteiger partial charge in [0, 0.05) is 5.57 Å². The van der Waals surface area contributed by atoms with Gasteiger partial charge in [-0.25, -0.2) is 4.39 Å². The molecular weight excluding hydrogens is 223 g/mol. The van der Waals surface area contributed by atoms with Crippen molar-refractivity contribution >= 4 is 0 Å². The molecule has 0 atom stereocenters. The summed E-state index contributed by atoms with van der Waals surface area (Å²) in [5.41, 5.74) is 1.02. The minimum absolute atomic E-state index is 0.324. The Labute approximate surface area is 115 Å². The smallest absolute Gasteiger partial charge is 0.130 e. The van der Waals surface area contributed by atoms with Gasteiger partial charge in [-0.05, 0) is 25.5 Å². The molecule has 0 N–H and O–H groups in total. The zero-order valence-corrected chi connectivity index (χ0v) is 13.7. The average molecular weight is 256 g/mol. The van der Waals surface area contributed by atoms with Crippen molar-refractivity contribution in [1.29, 1.82) is 0 Å². The summed E-state index contributed by atoms with van der Waals surface area (Å²) in [5.74, 6) is -0.324. The van der Waals surface area contributed by atoms with Gasteiger partial charge in [0.15, 0.2) is 0 Å². The monoisotopic (exact) mass is 256 g/mol. The quantitative estimate of drug-likeness (QED) is 0.476. The molecule has 0 radical (unpaired) electrons. The van der Waals surface area contributed by atoms with Crippen molar-refractivity contribution in [2.45, 2.75) is 61.8 Å². The van der Waals surface area contributed by atoms with Gasteiger partial charge in [0.25, 0.3) is 0 Å². The van der Waals surface area contributed by atoms with Gasteiger partial charge in [-0.3, -0.25) is 0 Å². The van der Waals surface area contributed by atoms with E-state index < -0.39 is 0 Å². The van der Waals surface area contributed by atoms with Gasteiger partial charge < -0.3 is 0 Å². The lowest BCUT2D eigenvalue weighted by atomic mass is 10.1. The molecule has 0 unspecified atom stereocenters. The van der Waals surface area contributed by atoms with Crippen LogP contribution in [0.3, 0.4) is 0 Å². The standard InChI is InChI=1S/C10H13F.C3H8.2C2H6/c1-5-6-7-10(11)9(4)8(2)3;1-3-2;2*1-2/h5-7H,2,4H2,1,3H3;3H2,1-2H3;2*1-2H3/b6-5-,10-7+;;;. The first-order valence-electron chi connectivity index (χ1n) is 6.84. The zero-order valence-electron chi connectivity index (χ0n) is 13.7. The second kappa shape index (κ2) is 24.9. The van der Waals surface area contributed by atoms with Crippen LogP contribution in [0.2, 0.25) is 0 Å². The summed E-state index contributed by atoms with van der Waals surface area (Å²) >= 11 is 0. The minimum atomic E-state index is -0.324. The predicted octanol–water partition coefficient (Wildman–Crippen LogP) is 7.02. The highest BCUT2D eigenvalue weighted by atomic mass is 19.1. The maximum atomic E-state index is 12.9. The van der Waals surface area contributed by atoms with Crippen molar-refractivity contribution < 1.29 is 4.39 Å². The van der Waals surface area contributed by atoms with Crippen molar-refractivity contribution in [2.24, 2.45) is 0 Å². The van der Waals surface area contributed by atoms with Crippen LogP contribution < -0.4 is 0 Å². The summed E-state index contributed by atoms with van der Waals surface area (Å²) in [5, 5.41) is 0. The molecule has 18 heavy (non-hydrogen) atoms. The molecule has 0 aromatic carbocycles. The summed E-state index contributed by atoms with van der Waals surface area (Å²) in [7, 11) is 0. The van der Waals surface area contributed by atoms with Crippen molar-refractivity contribution in [3.8, 4) is 0 Å². The van der Waals surface area contributed by atoms with E-state index in [1.165, 1.54) is 12.5 Å². The van der Waals surface area contributed by atoms with Crippen LogP contribution in [0.1, 0.15) is 61.8 Å². The van der Waals surface area contributed by atoms with Crippen LogP contribution in [0, 0.1) is 0 Å². The van der Waals surface area contributed by atoms with E-state index in [1.54, 1.807) is 19.1 Å². The summed E-state index contributed by atoms with van der Waals surface area (Å²) < 4.78 is 12.9. The van der Waals surface area contributed by atoms with Crippen molar-refractivity contribution in [3.05, 3.63) is 48.4 Å². The Bertz CT molecular complexity index is 232. The maximum absolute atomic E-state index is 12.9. The Balaban J connectivity index is -0.000000118. The number of halogens is 1. The number of hydrogen-bond acceptors (Lipinski definition) is 0. The summed E-state index contributed by atoms with van der Waals surface area (Å²) in [6, 6.07) is 0. The van der Waals surface area contributed by atoms with Crippen LogP contribution >= 0.6 is 0 Å². The lowest BCUT2D eigenvalue weighted by molar-refractivity contribution is 0.655.